The predicted octanol–water partition coefficient (Wildman–Crippen LogP) is 3.66. The van der Waals surface area contributed by atoms with Gasteiger partial charge in [0, 0.05) is 5.69 Å². The molecule has 0 bridgehead atoms. The molecule has 0 aliphatic heterocycles. The Kier molecular flexibility index (Phi) is 3.81. The first-order valence-corrected chi connectivity index (χ1v) is 7.03. The number of nitrogens with one attached hydrogen (secondary N) is 1. The lowest BCUT2D eigenvalue weighted by Gasteiger charge is -2.04. The van der Waals surface area contributed by atoms with Crippen LogP contribution in [0.3, 0.4) is 0 Å². The summed E-state index contributed by atoms with van der Waals surface area (Å²) in [5.41, 5.74) is 1.29. The van der Waals surface area contributed by atoms with Gasteiger partial charge < -0.3 is 4.98 Å². The maximum atomic E-state index is 5.17. The van der Waals surface area contributed by atoms with E-state index in [4.69, 9.17) is 12.2 Å². The van der Waals surface area contributed by atoms with E-state index in [1.165, 1.54) is 30.7 Å². The molecule has 1 heterocycles. The topological polar surface area (TPSA) is 28.7 Å². The quantitative estimate of drug-likeness (QED) is 0.629. The van der Waals surface area contributed by atoms with Crippen molar-refractivity contribution in [1.82, 2.24) is 9.97 Å². The second-order valence-electron chi connectivity index (χ2n) is 3.95. The lowest BCUT2D eigenvalue weighted by Crippen LogP contribution is -1.97. The highest BCUT2D eigenvalue weighted by Crippen LogP contribution is 2.38. The zero-order valence-corrected chi connectivity index (χ0v) is 10.6. The van der Waals surface area contributed by atoms with Crippen LogP contribution in [0.25, 0.3) is 0 Å². The van der Waals surface area contributed by atoms with Crippen LogP contribution < -0.4 is 0 Å². The van der Waals surface area contributed by atoms with Crippen molar-refractivity contribution in [2.24, 2.45) is 0 Å². The highest BCUT2D eigenvalue weighted by molar-refractivity contribution is 7.98. The first-order chi connectivity index (χ1) is 7.29. The average Bonchev–Trinajstić information content (AvgIpc) is 3.00. The van der Waals surface area contributed by atoms with Gasteiger partial charge in [-0.05, 0) is 37.0 Å². The zero-order chi connectivity index (χ0) is 10.7. The molecule has 2 rings (SSSR count). The van der Waals surface area contributed by atoms with Gasteiger partial charge >= 0.3 is 0 Å². The van der Waals surface area contributed by atoms with E-state index in [0.29, 0.717) is 0 Å². The van der Waals surface area contributed by atoms with Gasteiger partial charge in [0.1, 0.15) is 10.5 Å². The lowest BCUT2D eigenvalue weighted by atomic mass is 10.3. The summed E-state index contributed by atoms with van der Waals surface area (Å²) >= 11 is 7.09. The van der Waals surface area contributed by atoms with E-state index in [9.17, 15) is 0 Å². The van der Waals surface area contributed by atoms with Crippen molar-refractivity contribution < 1.29 is 0 Å². The third-order valence-electron chi connectivity index (χ3n) is 2.42. The number of H-pyrrole nitrogens is 1. The minimum Gasteiger partial charge on any atom is -0.346 e. The largest absolute Gasteiger partial charge is 0.346 e. The van der Waals surface area contributed by atoms with Crippen LogP contribution >= 0.6 is 24.0 Å². The molecule has 1 aromatic rings. The smallest absolute Gasteiger partial charge is 0.130 e. The molecular weight excluding hydrogens is 224 g/mol. The molecule has 0 spiro atoms. The first kappa shape index (κ1) is 11.1. The fourth-order valence-electron chi connectivity index (χ4n) is 1.52. The molecule has 1 aliphatic rings. The number of rotatable bonds is 5. The van der Waals surface area contributed by atoms with Gasteiger partial charge in [-0.15, -0.1) is 0 Å². The van der Waals surface area contributed by atoms with Crippen molar-refractivity contribution in [3.63, 3.8) is 0 Å². The Morgan fingerprint density at radius 2 is 2.40 bits per heavy atom. The minimum absolute atomic E-state index is 0.727. The maximum absolute atomic E-state index is 5.17. The van der Waals surface area contributed by atoms with Crippen molar-refractivity contribution in [3.05, 3.63) is 22.2 Å². The molecule has 1 saturated carbocycles. The molecule has 82 valence electrons. The third-order valence-corrected chi connectivity index (χ3v) is 3.80. The molecule has 1 N–H and O–H groups in total. The Bertz CT molecular complexity index is 382. The first-order valence-electron chi connectivity index (χ1n) is 5.47. The summed E-state index contributed by atoms with van der Waals surface area (Å²) in [5, 5.41) is 0. The predicted molar refractivity (Wildman–Crippen MR) is 67.8 cm³/mol. The second kappa shape index (κ2) is 5.12. The van der Waals surface area contributed by atoms with E-state index >= 15 is 0 Å². The average molecular weight is 240 g/mol. The van der Waals surface area contributed by atoms with Gasteiger partial charge in [-0.1, -0.05) is 19.1 Å². The number of thioether (sulfide) groups is 1. The van der Waals surface area contributed by atoms with Crippen LogP contribution in [0.2, 0.25) is 0 Å². The molecule has 15 heavy (non-hydrogen) atoms. The number of hydrogen-bond donors (Lipinski definition) is 1. The second-order valence-corrected chi connectivity index (χ2v) is 5.47. The summed E-state index contributed by atoms with van der Waals surface area (Å²) in [6.07, 6.45) is 3.82. The molecule has 0 atom stereocenters. The van der Waals surface area contributed by atoms with Gasteiger partial charge in [-0.25, -0.2) is 4.98 Å². The van der Waals surface area contributed by atoms with Crippen molar-refractivity contribution >= 4 is 24.0 Å². The maximum Gasteiger partial charge on any atom is 0.130 e. The number of aromatic nitrogens is 2. The van der Waals surface area contributed by atoms with Gasteiger partial charge in [0.15, 0.2) is 0 Å². The number of aromatic amines is 1. The van der Waals surface area contributed by atoms with Gasteiger partial charge in [-0.3, -0.25) is 0 Å². The van der Waals surface area contributed by atoms with Crippen LogP contribution in [-0.4, -0.2) is 15.7 Å². The summed E-state index contributed by atoms with van der Waals surface area (Å²) in [4.78, 5) is 7.76. The summed E-state index contributed by atoms with van der Waals surface area (Å²) < 4.78 is 0.739. The highest BCUT2D eigenvalue weighted by atomic mass is 32.2. The molecule has 0 radical (unpaired) electrons. The van der Waals surface area contributed by atoms with E-state index in [-0.39, 0.29) is 0 Å². The van der Waals surface area contributed by atoms with Crippen LogP contribution in [0.1, 0.15) is 43.6 Å². The van der Waals surface area contributed by atoms with Crippen LogP contribution in [0.4, 0.5) is 0 Å². The molecule has 4 heteroatoms. The van der Waals surface area contributed by atoms with Gasteiger partial charge in [0.2, 0.25) is 0 Å². The Hall–Kier alpha value is -0.350. The molecule has 1 aliphatic carbocycles. The van der Waals surface area contributed by atoms with Crippen LogP contribution in [-0.2, 0) is 5.75 Å². The summed E-state index contributed by atoms with van der Waals surface area (Å²) in [5.74, 6) is 3.92. The summed E-state index contributed by atoms with van der Waals surface area (Å²) in [6, 6.07) is 2.01. The van der Waals surface area contributed by atoms with Crippen LogP contribution in [0.5, 0.6) is 0 Å². The van der Waals surface area contributed by atoms with Crippen molar-refractivity contribution in [1.29, 1.82) is 0 Å². The monoisotopic (exact) mass is 240 g/mol. The van der Waals surface area contributed by atoms with E-state index in [0.717, 1.165) is 22.1 Å². The normalized spacial score (nSPS) is 15.5. The molecule has 0 saturated heterocycles. The summed E-state index contributed by atoms with van der Waals surface area (Å²) in [7, 11) is 0. The molecule has 0 unspecified atom stereocenters. The molecule has 0 amide bonds. The van der Waals surface area contributed by atoms with Gasteiger partial charge in [0.05, 0.1) is 5.75 Å². The fourth-order valence-corrected chi connectivity index (χ4v) is 2.52. The van der Waals surface area contributed by atoms with E-state index in [1.807, 2.05) is 17.8 Å². The minimum atomic E-state index is 0.727. The van der Waals surface area contributed by atoms with Crippen molar-refractivity contribution in [2.45, 2.75) is 37.9 Å². The Balaban J connectivity index is 2.06. The van der Waals surface area contributed by atoms with Crippen molar-refractivity contribution in [3.8, 4) is 0 Å². The summed E-state index contributed by atoms with van der Waals surface area (Å²) in [6.45, 7) is 2.20. The fraction of sp³-hybridized carbons (Fsp3) is 0.636. The third kappa shape index (κ3) is 3.31. The molecular formula is C11H16N2S2. The lowest BCUT2D eigenvalue weighted by molar-refractivity contribution is 0.924. The SMILES string of the molecule is CCCSCc1nc(=S)cc(C2CC2)[nH]1. The highest BCUT2D eigenvalue weighted by Gasteiger charge is 2.24. The Labute approximate surface area is 99.9 Å². The standard InChI is InChI=1S/C11H16N2S2/c1-2-5-15-7-10-12-9(8-3-4-8)6-11(14)13-10/h6,8H,2-5,7H2,1H3,(H,12,13,14). The van der Waals surface area contributed by atoms with E-state index < -0.39 is 0 Å². The molecule has 2 nitrogen and oxygen atoms in total. The molecule has 1 aromatic heterocycles. The van der Waals surface area contributed by atoms with Gasteiger partial charge in [-0.2, -0.15) is 11.8 Å². The van der Waals surface area contributed by atoms with Gasteiger partial charge in [0.25, 0.3) is 0 Å². The zero-order valence-electron chi connectivity index (χ0n) is 8.95. The van der Waals surface area contributed by atoms with Crippen LogP contribution in [0, 0.1) is 4.64 Å². The number of nitrogens with zero attached hydrogens (tertiary/aromatic N) is 1. The molecule has 1 fully saturated rings. The number of hydrogen-bond acceptors (Lipinski definition) is 3. The molecule has 0 aromatic carbocycles. The van der Waals surface area contributed by atoms with Crippen LogP contribution in [0.15, 0.2) is 6.07 Å². The Morgan fingerprint density at radius 1 is 1.60 bits per heavy atom. The van der Waals surface area contributed by atoms with E-state index in [1.54, 1.807) is 0 Å². The van der Waals surface area contributed by atoms with Crippen molar-refractivity contribution in [2.75, 3.05) is 5.75 Å². The Morgan fingerprint density at radius 3 is 3.07 bits per heavy atom. The van der Waals surface area contributed by atoms with E-state index in [2.05, 4.69) is 16.9 Å².